The first-order valence-corrected chi connectivity index (χ1v) is 44.0. The van der Waals surface area contributed by atoms with E-state index in [9.17, 15) is 0 Å². The van der Waals surface area contributed by atoms with Crippen LogP contribution in [-0.4, -0.2) is 11.3 Å². The van der Waals surface area contributed by atoms with Crippen molar-refractivity contribution in [1.29, 1.82) is 0 Å². The van der Waals surface area contributed by atoms with Crippen molar-refractivity contribution in [2.45, 2.75) is 0 Å². The fourth-order valence-corrected chi connectivity index (χ4v) is 20.9. The van der Waals surface area contributed by atoms with Gasteiger partial charge in [-0.2, -0.15) is 0 Å². The molecule has 0 unspecified atom stereocenters. The maximum absolute atomic E-state index is 2.73. The first kappa shape index (κ1) is 73.2. The Morgan fingerprint density at radius 3 is 0.937 bits per heavy atom. The predicted octanol–water partition coefficient (Wildman–Crippen LogP) is 31.4. The molecule has 590 valence electrons. The maximum atomic E-state index is 2.73. The number of rotatable bonds is 15. The number of hydrogen-bond acceptors (Lipinski definition) is 3. The largest absolute Gasteiger partial charge is 0.310 e. The van der Waals surface area contributed by atoms with Crippen LogP contribution < -0.4 is 31.1 Å². The van der Waals surface area contributed by atoms with Crippen molar-refractivity contribution in [2.24, 2.45) is 0 Å². The van der Waals surface area contributed by atoms with Gasteiger partial charge < -0.3 is 19.3 Å². The molecule has 4 nitrogen and oxygen atoms in total. The Morgan fingerprint density at radius 2 is 0.512 bits per heavy atom. The van der Waals surface area contributed by atoms with Crippen molar-refractivity contribution in [3.63, 3.8) is 0 Å². The van der Waals surface area contributed by atoms with Crippen molar-refractivity contribution >= 4 is 139 Å². The molecule has 0 atom stereocenters. The molecule has 1 aromatic heterocycles. The summed E-state index contributed by atoms with van der Waals surface area (Å²) in [5.74, 6) is 0. The highest BCUT2D eigenvalue weighted by molar-refractivity contribution is 7.00. The number of anilines is 9. The van der Waals surface area contributed by atoms with E-state index in [1.54, 1.807) is 0 Å². The summed E-state index contributed by atoms with van der Waals surface area (Å²) in [6.45, 7) is -0.371. The van der Waals surface area contributed by atoms with E-state index in [0.717, 1.165) is 168 Å². The minimum absolute atomic E-state index is 0.371. The zero-order chi connectivity index (χ0) is 83.6. The summed E-state index contributed by atoms with van der Waals surface area (Å²) < 4.78 is 2.51. The maximum Gasteiger partial charge on any atom is 0.252 e. The molecule has 2 aliphatic rings. The van der Waals surface area contributed by atoms with Crippen molar-refractivity contribution in [3.8, 4) is 106 Å². The molecule has 0 radical (unpaired) electrons. The van der Waals surface area contributed by atoms with Crippen molar-refractivity contribution in [1.82, 2.24) is 4.57 Å². The van der Waals surface area contributed by atoms with E-state index in [-0.39, 0.29) is 6.71 Å². The van der Waals surface area contributed by atoms with E-state index >= 15 is 0 Å². The molecule has 0 amide bonds. The predicted molar refractivity (Wildman–Crippen MR) is 540 cm³/mol. The smallest absolute Gasteiger partial charge is 0.252 e. The van der Waals surface area contributed by atoms with Crippen LogP contribution in [0.5, 0.6) is 0 Å². The summed E-state index contributed by atoms with van der Waals surface area (Å²) in [6.07, 6.45) is 0. The molecule has 22 aromatic carbocycles. The molecule has 0 aliphatic carbocycles. The topological polar surface area (TPSA) is 14.7 Å². The summed E-state index contributed by atoms with van der Waals surface area (Å²) in [5.41, 5.74) is 36.2. The summed E-state index contributed by atoms with van der Waals surface area (Å²) in [7, 11) is 0. The van der Waals surface area contributed by atoms with Crippen LogP contribution in [0.25, 0.3) is 171 Å². The summed E-state index contributed by atoms with van der Waals surface area (Å²) in [6, 6.07) is 180. The number of fused-ring (bicyclic) bond motifs is 9. The Morgan fingerprint density at radius 1 is 0.189 bits per heavy atom. The highest BCUT2D eigenvalue weighted by atomic mass is 15.2. The molecule has 3 heterocycles. The monoisotopic (exact) mass is 1610 g/mol. The van der Waals surface area contributed by atoms with Gasteiger partial charge in [0.1, 0.15) is 0 Å². The van der Waals surface area contributed by atoms with E-state index in [0.29, 0.717) is 0 Å². The number of para-hydroxylation sites is 2. The van der Waals surface area contributed by atoms with Crippen LogP contribution in [0.4, 0.5) is 51.2 Å². The molecule has 0 fully saturated rings. The third kappa shape index (κ3) is 12.2. The quantitative estimate of drug-likeness (QED) is 0.0578. The Balaban J connectivity index is 0.867. The standard InChI is InChI=1S/C122H79BN4/c1-9-32-80(33-10-1)84-58-63-96(64-59-84)124(97-65-60-85(61-66-97)81-34-11-2-12-35-81)99-78-116-120-117(79-99)127(122-107(88-44-21-7-22-45-88)73-95(83-38-15-4-16-39-83)74-108(122)89-46-23-8-24-47-89)115-77-98(125-112-56-27-25-51-100(112)101-52-26-28-57-113(101)125)67-69-111(115)123(120)110-68-62-91(93-70-92-50-31-54-103-102-53-29-48-90-49-30-55-104(118(90)102)109(75-93)119(92)103)76-114(110)126(116)121-105(86-40-17-5-18-41-86)71-94(82-36-13-3-14-37-82)72-106(121)87-42-19-6-20-43-87/h1-79H. The Hall–Kier alpha value is -16.6. The van der Waals surface area contributed by atoms with Gasteiger partial charge in [-0.25, -0.2) is 0 Å². The lowest BCUT2D eigenvalue weighted by Crippen LogP contribution is -2.61. The molecule has 0 spiro atoms. The van der Waals surface area contributed by atoms with Crippen LogP contribution in [0, 0.1) is 0 Å². The first-order valence-electron chi connectivity index (χ1n) is 44.0. The van der Waals surface area contributed by atoms with Crippen molar-refractivity contribution < 1.29 is 0 Å². The molecule has 2 aliphatic heterocycles. The van der Waals surface area contributed by atoms with Gasteiger partial charge in [-0.3, -0.25) is 0 Å². The average Bonchev–Trinajstić information content (AvgIpc) is 0.863. The second-order valence-electron chi connectivity index (χ2n) is 33.7. The molecule has 0 bridgehead atoms. The minimum Gasteiger partial charge on any atom is -0.310 e. The van der Waals surface area contributed by atoms with Gasteiger partial charge in [0.25, 0.3) is 6.71 Å². The summed E-state index contributed by atoms with van der Waals surface area (Å²) in [4.78, 5) is 7.98. The van der Waals surface area contributed by atoms with Gasteiger partial charge in [-0.15, -0.1) is 0 Å². The van der Waals surface area contributed by atoms with Gasteiger partial charge >= 0.3 is 0 Å². The van der Waals surface area contributed by atoms with Crippen LogP contribution in [0.3, 0.4) is 0 Å². The Labute approximate surface area is 738 Å². The zero-order valence-corrected chi connectivity index (χ0v) is 69.5. The highest BCUT2D eigenvalue weighted by Crippen LogP contribution is 2.57. The molecule has 5 heteroatoms. The van der Waals surface area contributed by atoms with E-state index in [1.807, 2.05) is 0 Å². The number of nitrogens with zero attached hydrogens (tertiary/aromatic N) is 4. The number of benzene rings is 22. The molecule has 0 saturated carbocycles. The molecule has 127 heavy (non-hydrogen) atoms. The number of hydrogen-bond donors (Lipinski definition) is 0. The lowest BCUT2D eigenvalue weighted by Gasteiger charge is -2.46. The van der Waals surface area contributed by atoms with Crippen LogP contribution in [0.1, 0.15) is 0 Å². The lowest BCUT2D eigenvalue weighted by atomic mass is 9.33. The Kier molecular flexibility index (Phi) is 17.4. The zero-order valence-electron chi connectivity index (χ0n) is 69.5. The van der Waals surface area contributed by atoms with Crippen LogP contribution in [0.2, 0.25) is 0 Å². The second kappa shape index (κ2) is 30.2. The van der Waals surface area contributed by atoms with E-state index in [4.69, 9.17) is 0 Å². The van der Waals surface area contributed by atoms with E-state index < -0.39 is 0 Å². The normalized spacial score (nSPS) is 12.2. The average molecular weight is 1610 g/mol. The van der Waals surface area contributed by atoms with Crippen LogP contribution in [-0.2, 0) is 0 Å². The first-order chi connectivity index (χ1) is 63.0. The van der Waals surface area contributed by atoms with Gasteiger partial charge in [-0.05, 0) is 240 Å². The third-order valence-electron chi connectivity index (χ3n) is 26.6. The van der Waals surface area contributed by atoms with Gasteiger partial charge in [0, 0.05) is 72.8 Å². The fraction of sp³-hybridized carbons (Fsp3) is 0. The SMILES string of the molecule is c1ccc(-c2ccc(N(c3ccc(-c4ccccc4)cc3)c3cc4c5c(c3)N(c3c(-c6ccccc6)cc(-c6ccccc6)cc3-c3ccccc3)c3cc(-n6c7ccccc7c7ccccc76)ccc3B5c3ccc(-c5cc6cccc7c8cccc9cccc(c(c5)c67)c98)cc3N4c3c(-c4ccccc4)cc(-c4ccccc4)cc3-c3ccccc3)cc2)cc1. The molecular formula is C122H79BN4. The van der Waals surface area contributed by atoms with E-state index in [1.165, 1.54) is 70.3 Å². The van der Waals surface area contributed by atoms with Gasteiger partial charge in [0.05, 0.1) is 28.1 Å². The lowest BCUT2D eigenvalue weighted by molar-refractivity contribution is 1.17. The van der Waals surface area contributed by atoms with Crippen LogP contribution in [0.15, 0.2) is 479 Å². The van der Waals surface area contributed by atoms with Gasteiger partial charge in [0.15, 0.2) is 0 Å². The summed E-state index contributed by atoms with van der Waals surface area (Å²) >= 11 is 0. The van der Waals surface area contributed by atoms with Gasteiger partial charge in [-0.1, -0.05) is 376 Å². The third-order valence-corrected chi connectivity index (χ3v) is 26.6. The van der Waals surface area contributed by atoms with Crippen LogP contribution >= 0.6 is 0 Å². The van der Waals surface area contributed by atoms with Crippen molar-refractivity contribution in [3.05, 3.63) is 479 Å². The molecular weight excluding hydrogens is 1530 g/mol. The molecule has 25 rings (SSSR count). The second-order valence-corrected chi connectivity index (χ2v) is 33.7. The number of aromatic nitrogens is 1. The molecule has 0 N–H and O–H groups in total. The summed E-state index contributed by atoms with van der Waals surface area (Å²) in [5, 5.41) is 12.5. The van der Waals surface area contributed by atoms with Gasteiger partial charge in [0.2, 0.25) is 0 Å². The minimum atomic E-state index is -0.371. The molecule has 23 aromatic rings. The fourth-order valence-electron chi connectivity index (χ4n) is 20.9. The molecule has 0 saturated heterocycles. The Bertz CT molecular complexity index is 7950. The van der Waals surface area contributed by atoms with Crippen molar-refractivity contribution in [2.75, 3.05) is 14.7 Å². The highest BCUT2D eigenvalue weighted by Gasteiger charge is 2.47. The van der Waals surface area contributed by atoms with E-state index in [2.05, 4.69) is 499 Å².